The van der Waals surface area contributed by atoms with Crippen LogP contribution in [0.15, 0.2) is 18.2 Å². The molecule has 0 saturated heterocycles. The Hall–Kier alpha value is -0.900. The Bertz CT molecular complexity index is 375. The van der Waals surface area contributed by atoms with Crippen molar-refractivity contribution in [1.29, 1.82) is 0 Å². The summed E-state index contributed by atoms with van der Waals surface area (Å²) in [6.07, 6.45) is 1.80. The highest BCUT2D eigenvalue weighted by atomic mass is 16.7. The molecule has 0 fully saturated rings. The molecule has 3 heteroatoms. The van der Waals surface area contributed by atoms with E-state index < -0.39 is 0 Å². The van der Waals surface area contributed by atoms with Crippen LogP contribution >= 0.6 is 0 Å². The van der Waals surface area contributed by atoms with Crippen molar-refractivity contribution in [3.05, 3.63) is 34.9 Å². The molecule has 1 unspecified atom stereocenters. The number of nitrogens with one attached hydrogen (secondary N) is 1. The summed E-state index contributed by atoms with van der Waals surface area (Å²) in [7, 11) is 3.38. The third-order valence-electron chi connectivity index (χ3n) is 3.39. The van der Waals surface area contributed by atoms with Crippen LogP contribution in [0.3, 0.4) is 0 Å². The molecule has 0 saturated carbocycles. The van der Waals surface area contributed by atoms with Crippen LogP contribution in [0.1, 0.15) is 30.0 Å². The first-order valence-corrected chi connectivity index (χ1v) is 6.97. The molecule has 0 aliphatic heterocycles. The standard InChI is InChI=1S/C16H27NO2/c1-6-9-17-15(16(18-4)19-5)11-14-10-12(2)7-8-13(14)3/h7-8,10,15-17H,6,9,11H2,1-5H3. The molecule has 0 radical (unpaired) electrons. The quantitative estimate of drug-likeness (QED) is 0.733. The first-order valence-electron chi connectivity index (χ1n) is 6.97. The normalized spacial score (nSPS) is 12.9. The van der Waals surface area contributed by atoms with E-state index in [1.54, 1.807) is 14.2 Å². The van der Waals surface area contributed by atoms with Gasteiger partial charge in [0.05, 0.1) is 6.04 Å². The second kappa shape index (κ2) is 8.31. The molecule has 0 bridgehead atoms. The van der Waals surface area contributed by atoms with E-state index in [0.717, 1.165) is 19.4 Å². The predicted octanol–water partition coefficient (Wildman–Crippen LogP) is 2.83. The molecular weight excluding hydrogens is 238 g/mol. The number of rotatable bonds is 8. The minimum atomic E-state index is -0.216. The molecule has 1 atom stereocenters. The monoisotopic (exact) mass is 265 g/mol. The van der Waals surface area contributed by atoms with Gasteiger partial charge in [-0.05, 0) is 44.4 Å². The Balaban J connectivity index is 2.83. The minimum absolute atomic E-state index is 0.176. The molecular formula is C16H27NO2. The number of methoxy groups -OCH3 is 2. The molecule has 0 amide bonds. The summed E-state index contributed by atoms with van der Waals surface area (Å²) in [6.45, 7) is 7.41. The van der Waals surface area contributed by atoms with E-state index >= 15 is 0 Å². The van der Waals surface area contributed by atoms with Crippen molar-refractivity contribution in [2.75, 3.05) is 20.8 Å². The van der Waals surface area contributed by atoms with Crippen molar-refractivity contribution in [2.24, 2.45) is 0 Å². The van der Waals surface area contributed by atoms with Gasteiger partial charge in [0, 0.05) is 14.2 Å². The van der Waals surface area contributed by atoms with Crippen LogP contribution in [0.2, 0.25) is 0 Å². The summed E-state index contributed by atoms with van der Waals surface area (Å²) in [5.74, 6) is 0. The second-order valence-electron chi connectivity index (χ2n) is 5.03. The van der Waals surface area contributed by atoms with E-state index in [9.17, 15) is 0 Å². The Morgan fingerprint density at radius 1 is 1.16 bits per heavy atom. The van der Waals surface area contributed by atoms with E-state index in [-0.39, 0.29) is 12.3 Å². The van der Waals surface area contributed by atoms with Crippen LogP contribution in [0.5, 0.6) is 0 Å². The smallest absolute Gasteiger partial charge is 0.172 e. The number of aryl methyl sites for hydroxylation is 2. The molecule has 108 valence electrons. The number of ether oxygens (including phenoxy) is 2. The lowest BCUT2D eigenvalue weighted by Crippen LogP contribution is -2.44. The summed E-state index contributed by atoms with van der Waals surface area (Å²) >= 11 is 0. The van der Waals surface area contributed by atoms with E-state index in [0.29, 0.717) is 0 Å². The fraction of sp³-hybridized carbons (Fsp3) is 0.625. The summed E-state index contributed by atoms with van der Waals surface area (Å²) < 4.78 is 10.8. The maximum Gasteiger partial charge on any atom is 0.172 e. The number of benzene rings is 1. The Morgan fingerprint density at radius 3 is 2.42 bits per heavy atom. The van der Waals surface area contributed by atoms with Gasteiger partial charge >= 0.3 is 0 Å². The Labute approximate surface area is 117 Å². The highest BCUT2D eigenvalue weighted by Gasteiger charge is 2.21. The van der Waals surface area contributed by atoms with Crippen molar-refractivity contribution >= 4 is 0 Å². The Kier molecular flexibility index (Phi) is 7.06. The van der Waals surface area contributed by atoms with E-state index in [1.165, 1.54) is 16.7 Å². The van der Waals surface area contributed by atoms with Gasteiger partial charge in [0.2, 0.25) is 0 Å². The van der Waals surface area contributed by atoms with Crippen LogP contribution < -0.4 is 5.32 Å². The zero-order chi connectivity index (χ0) is 14.3. The molecule has 3 nitrogen and oxygen atoms in total. The predicted molar refractivity (Wildman–Crippen MR) is 79.5 cm³/mol. The van der Waals surface area contributed by atoms with Crippen LogP contribution in [0.4, 0.5) is 0 Å². The first-order chi connectivity index (χ1) is 9.12. The molecule has 1 rings (SSSR count). The zero-order valence-electron chi connectivity index (χ0n) is 12.8. The third kappa shape index (κ3) is 4.94. The molecule has 1 aromatic carbocycles. The lowest BCUT2D eigenvalue weighted by Gasteiger charge is -2.26. The van der Waals surface area contributed by atoms with Crippen LogP contribution in [0.25, 0.3) is 0 Å². The maximum atomic E-state index is 5.42. The van der Waals surface area contributed by atoms with E-state index in [2.05, 4.69) is 44.3 Å². The molecule has 0 spiro atoms. The van der Waals surface area contributed by atoms with Gasteiger partial charge in [-0.1, -0.05) is 30.7 Å². The molecule has 1 N–H and O–H groups in total. The first kappa shape index (κ1) is 16.2. The van der Waals surface area contributed by atoms with Gasteiger partial charge < -0.3 is 14.8 Å². The van der Waals surface area contributed by atoms with E-state index in [4.69, 9.17) is 9.47 Å². The lowest BCUT2D eigenvalue weighted by atomic mass is 9.98. The van der Waals surface area contributed by atoms with E-state index in [1.807, 2.05) is 0 Å². The lowest BCUT2D eigenvalue weighted by molar-refractivity contribution is -0.122. The summed E-state index contributed by atoms with van der Waals surface area (Å²) in [4.78, 5) is 0. The highest BCUT2D eigenvalue weighted by molar-refractivity contribution is 5.31. The summed E-state index contributed by atoms with van der Waals surface area (Å²) in [5, 5.41) is 3.52. The van der Waals surface area contributed by atoms with Gasteiger partial charge in [0.1, 0.15) is 0 Å². The zero-order valence-corrected chi connectivity index (χ0v) is 12.8. The molecule has 0 aliphatic carbocycles. The average molecular weight is 265 g/mol. The second-order valence-corrected chi connectivity index (χ2v) is 5.03. The fourth-order valence-corrected chi connectivity index (χ4v) is 2.28. The molecule has 1 aromatic rings. The summed E-state index contributed by atoms with van der Waals surface area (Å²) in [5.41, 5.74) is 3.97. The van der Waals surface area contributed by atoms with Crippen molar-refractivity contribution in [3.8, 4) is 0 Å². The van der Waals surface area contributed by atoms with Crippen molar-refractivity contribution in [1.82, 2.24) is 5.32 Å². The highest BCUT2D eigenvalue weighted by Crippen LogP contribution is 2.15. The third-order valence-corrected chi connectivity index (χ3v) is 3.39. The summed E-state index contributed by atoms with van der Waals surface area (Å²) in [6, 6.07) is 6.75. The van der Waals surface area contributed by atoms with Crippen LogP contribution in [-0.4, -0.2) is 33.1 Å². The number of hydrogen-bond acceptors (Lipinski definition) is 3. The SMILES string of the molecule is CCCNC(Cc1cc(C)ccc1C)C(OC)OC. The van der Waals surface area contributed by atoms with Gasteiger partial charge in [-0.25, -0.2) is 0 Å². The van der Waals surface area contributed by atoms with Gasteiger partial charge in [-0.3, -0.25) is 0 Å². The minimum Gasteiger partial charge on any atom is -0.354 e. The van der Waals surface area contributed by atoms with Gasteiger partial charge in [-0.15, -0.1) is 0 Å². The van der Waals surface area contributed by atoms with Crippen LogP contribution in [0, 0.1) is 13.8 Å². The molecule has 0 aromatic heterocycles. The molecule has 0 heterocycles. The van der Waals surface area contributed by atoms with Crippen molar-refractivity contribution in [3.63, 3.8) is 0 Å². The van der Waals surface area contributed by atoms with Crippen LogP contribution in [-0.2, 0) is 15.9 Å². The van der Waals surface area contributed by atoms with Crippen molar-refractivity contribution in [2.45, 2.75) is 45.9 Å². The van der Waals surface area contributed by atoms with Gasteiger partial charge in [0.25, 0.3) is 0 Å². The number of hydrogen-bond donors (Lipinski definition) is 1. The maximum absolute atomic E-state index is 5.42. The fourth-order valence-electron chi connectivity index (χ4n) is 2.28. The Morgan fingerprint density at radius 2 is 1.84 bits per heavy atom. The molecule has 0 aliphatic rings. The largest absolute Gasteiger partial charge is 0.354 e. The van der Waals surface area contributed by atoms with Crippen molar-refractivity contribution < 1.29 is 9.47 Å². The van der Waals surface area contributed by atoms with Gasteiger partial charge in [-0.2, -0.15) is 0 Å². The topological polar surface area (TPSA) is 30.5 Å². The average Bonchev–Trinajstić information content (AvgIpc) is 2.41. The van der Waals surface area contributed by atoms with Gasteiger partial charge in [0.15, 0.2) is 6.29 Å². The molecule has 19 heavy (non-hydrogen) atoms.